The van der Waals surface area contributed by atoms with Gasteiger partial charge in [-0.3, -0.25) is 9.67 Å². The molecular formula is C13H16ClFN4. The summed E-state index contributed by atoms with van der Waals surface area (Å²) in [6.45, 7) is 1.98. The minimum atomic E-state index is -0.543. The summed E-state index contributed by atoms with van der Waals surface area (Å²) in [5.41, 5.74) is 7.89. The van der Waals surface area contributed by atoms with E-state index in [1.807, 2.05) is 14.0 Å². The van der Waals surface area contributed by atoms with Gasteiger partial charge in [0.2, 0.25) is 0 Å². The molecule has 0 fully saturated rings. The molecule has 1 atom stereocenters. The van der Waals surface area contributed by atoms with Crippen LogP contribution in [-0.4, -0.2) is 14.8 Å². The van der Waals surface area contributed by atoms with E-state index in [9.17, 15) is 4.39 Å². The van der Waals surface area contributed by atoms with Gasteiger partial charge in [-0.05, 0) is 18.6 Å². The number of nitrogens with two attached hydrogens (primary N) is 1. The van der Waals surface area contributed by atoms with Crippen LogP contribution in [0.3, 0.4) is 0 Å². The van der Waals surface area contributed by atoms with Crippen LogP contribution >= 0.6 is 11.6 Å². The SMILES string of the molecule is CCc1nn(C)c(CC(N)c2ncccc2F)c1Cl. The minimum absolute atomic E-state index is 0.248. The Hall–Kier alpha value is -1.46. The molecule has 0 aromatic carbocycles. The Labute approximate surface area is 116 Å². The van der Waals surface area contributed by atoms with E-state index in [0.717, 1.165) is 17.8 Å². The Kier molecular flexibility index (Phi) is 4.17. The molecule has 2 aromatic rings. The van der Waals surface area contributed by atoms with Crippen LogP contribution in [0, 0.1) is 5.82 Å². The summed E-state index contributed by atoms with van der Waals surface area (Å²) in [7, 11) is 1.81. The topological polar surface area (TPSA) is 56.7 Å². The van der Waals surface area contributed by atoms with Crippen molar-refractivity contribution in [2.24, 2.45) is 12.8 Å². The molecule has 0 saturated heterocycles. The molecule has 0 aliphatic carbocycles. The first kappa shape index (κ1) is 14.0. The lowest BCUT2D eigenvalue weighted by atomic mass is 10.1. The molecule has 2 N–H and O–H groups in total. The van der Waals surface area contributed by atoms with Crippen LogP contribution < -0.4 is 5.73 Å². The lowest BCUT2D eigenvalue weighted by Gasteiger charge is -2.12. The summed E-state index contributed by atoms with van der Waals surface area (Å²) >= 11 is 6.25. The summed E-state index contributed by atoms with van der Waals surface area (Å²) in [6, 6.07) is 2.35. The Morgan fingerprint density at radius 2 is 2.26 bits per heavy atom. The van der Waals surface area contributed by atoms with Crippen LogP contribution in [0.1, 0.15) is 30.0 Å². The van der Waals surface area contributed by atoms with E-state index in [1.54, 1.807) is 4.68 Å². The van der Waals surface area contributed by atoms with Crippen molar-refractivity contribution in [1.29, 1.82) is 0 Å². The van der Waals surface area contributed by atoms with E-state index in [0.29, 0.717) is 11.4 Å². The summed E-state index contributed by atoms with van der Waals surface area (Å²) in [5, 5.41) is 4.92. The minimum Gasteiger partial charge on any atom is -0.322 e. The largest absolute Gasteiger partial charge is 0.322 e. The number of pyridine rings is 1. The lowest BCUT2D eigenvalue weighted by molar-refractivity contribution is 0.553. The van der Waals surface area contributed by atoms with Gasteiger partial charge in [0.15, 0.2) is 0 Å². The number of halogens is 2. The van der Waals surface area contributed by atoms with Crippen LogP contribution in [0.15, 0.2) is 18.3 Å². The number of hydrogen-bond donors (Lipinski definition) is 1. The van der Waals surface area contributed by atoms with Crippen molar-refractivity contribution < 1.29 is 4.39 Å². The quantitative estimate of drug-likeness (QED) is 0.937. The van der Waals surface area contributed by atoms with Crippen molar-refractivity contribution in [1.82, 2.24) is 14.8 Å². The maximum Gasteiger partial charge on any atom is 0.146 e. The zero-order chi connectivity index (χ0) is 14.0. The van der Waals surface area contributed by atoms with Gasteiger partial charge in [0.1, 0.15) is 5.82 Å². The van der Waals surface area contributed by atoms with E-state index in [4.69, 9.17) is 17.3 Å². The molecule has 0 radical (unpaired) electrons. The fraction of sp³-hybridized carbons (Fsp3) is 0.385. The molecule has 1 unspecified atom stereocenters. The fourth-order valence-electron chi connectivity index (χ4n) is 2.02. The second kappa shape index (κ2) is 5.67. The van der Waals surface area contributed by atoms with Crippen molar-refractivity contribution in [2.45, 2.75) is 25.8 Å². The van der Waals surface area contributed by atoms with Crippen LogP contribution in [0.5, 0.6) is 0 Å². The normalized spacial score (nSPS) is 12.7. The number of aromatic nitrogens is 3. The molecule has 0 saturated carbocycles. The second-order valence-corrected chi connectivity index (χ2v) is 4.74. The number of hydrogen-bond acceptors (Lipinski definition) is 3. The summed E-state index contributed by atoms with van der Waals surface area (Å²) in [5.74, 6) is -0.399. The van der Waals surface area contributed by atoms with E-state index in [-0.39, 0.29) is 5.69 Å². The van der Waals surface area contributed by atoms with Crippen LogP contribution in [0.25, 0.3) is 0 Å². The average molecular weight is 283 g/mol. The van der Waals surface area contributed by atoms with Gasteiger partial charge in [0, 0.05) is 19.7 Å². The third-order valence-electron chi connectivity index (χ3n) is 3.05. The molecule has 2 aromatic heterocycles. The first-order valence-electron chi connectivity index (χ1n) is 6.10. The monoisotopic (exact) mass is 282 g/mol. The van der Waals surface area contributed by atoms with Gasteiger partial charge in [-0.1, -0.05) is 18.5 Å². The van der Waals surface area contributed by atoms with Crippen LogP contribution in [0.4, 0.5) is 4.39 Å². The highest BCUT2D eigenvalue weighted by molar-refractivity contribution is 6.31. The van der Waals surface area contributed by atoms with Crippen molar-refractivity contribution in [3.63, 3.8) is 0 Å². The van der Waals surface area contributed by atoms with Gasteiger partial charge >= 0.3 is 0 Å². The molecule has 19 heavy (non-hydrogen) atoms. The smallest absolute Gasteiger partial charge is 0.146 e. The zero-order valence-corrected chi connectivity index (χ0v) is 11.7. The maximum atomic E-state index is 13.6. The first-order valence-corrected chi connectivity index (χ1v) is 6.48. The van der Waals surface area contributed by atoms with Gasteiger partial charge in [-0.2, -0.15) is 5.10 Å². The number of nitrogens with zero attached hydrogens (tertiary/aromatic N) is 3. The molecule has 0 spiro atoms. The molecular weight excluding hydrogens is 267 g/mol. The molecule has 4 nitrogen and oxygen atoms in total. The van der Waals surface area contributed by atoms with E-state index in [1.165, 1.54) is 18.3 Å². The Morgan fingerprint density at radius 3 is 2.84 bits per heavy atom. The van der Waals surface area contributed by atoms with Crippen LogP contribution in [0.2, 0.25) is 5.02 Å². The molecule has 2 heterocycles. The highest BCUT2D eigenvalue weighted by Crippen LogP contribution is 2.25. The van der Waals surface area contributed by atoms with Crippen LogP contribution in [-0.2, 0) is 19.9 Å². The Morgan fingerprint density at radius 1 is 1.53 bits per heavy atom. The van der Waals surface area contributed by atoms with Gasteiger partial charge in [0.25, 0.3) is 0 Å². The second-order valence-electron chi connectivity index (χ2n) is 4.37. The first-order chi connectivity index (χ1) is 9.04. The standard InChI is InChI=1S/C13H16ClFN4/c1-3-10-12(14)11(19(2)18-10)7-9(16)13-8(15)5-4-6-17-13/h4-6,9H,3,7,16H2,1-2H3. The molecule has 102 valence electrons. The molecule has 0 aliphatic rings. The number of aryl methyl sites for hydroxylation is 2. The highest BCUT2D eigenvalue weighted by atomic mass is 35.5. The maximum absolute atomic E-state index is 13.6. The number of rotatable bonds is 4. The summed E-state index contributed by atoms with van der Waals surface area (Å²) < 4.78 is 15.3. The van der Waals surface area contributed by atoms with Crippen molar-refractivity contribution in [2.75, 3.05) is 0 Å². The van der Waals surface area contributed by atoms with E-state index < -0.39 is 11.9 Å². The van der Waals surface area contributed by atoms with E-state index >= 15 is 0 Å². The van der Waals surface area contributed by atoms with Crippen molar-refractivity contribution >= 4 is 11.6 Å². The van der Waals surface area contributed by atoms with E-state index in [2.05, 4.69) is 10.1 Å². The fourth-order valence-corrected chi connectivity index (χ4v) is 2.39. The lowest BCUT2D eigenvalue weighted by Crippen LogP contribution is -2.18. The molecule has 2 rings (SSSR count). The molecule has 0 bridgehead atoms. The third-order valence-corrected chi connectivity index (χ3v) is 3.49. The Balaban J connectivity index is 2.27. The van der Waals surface area contributed by atoms with Gasteiger partial charge < -0.3 is 5.73 Å². The Bertz CT molecular complexity index is 582. The summed E-state index contributed by atoms with van der Waals surface area (Å²) in [4.78, 5) is 3.99. The molecule has 0 amide bonds. The zero-order valence-electron chi connectivity index (χ0n) is 10.9. The van der Waals surface area contributed by atoms with Crippen molar-refractivity contribution in [3.8, 4) is 0 Å². The predicted octanol–water partition coefficient (Wildman–Crippen LogP) is 2.41. The summed E-state index contributed by atoms with van der Waals surface area (Å²) in [6.07, 6.45) is 2.68. The van der Waals surface area contributed by atoms with Gasteiger partial charge in [-0.25, -0.2) is 4.39 Å². The average Bonchev–Trinajstić information content (AvgIpc) is 2.66. The molecule has 6 heteroatoms. The van der Waals surface area contributed by atoms with Gasteiger partial charge in [-0.15, -0.1) is 0 Å². The predicted molar refractivity (Wildman–Crippen MR) is 72.4 cm³/mol. The molecule has 0 aliphatic heterocycles. The third kappa shape index (κ3) is 2.77. The van der Waals surface area contributed by atoms with Gasteiger partial charge in [0.05, 0.1) is 28.1 Å². The highest BCUT2D eigenvalue weighted by Gasteiger charge is 2.19. The van der Waals surface area contributed by atoms with Crippen molar-refractivity contribution in [3.05, 3.63) is 46.3 Å².